The van der Waals surface area contributed by atoms with Gasteiger partial charge < -0.3 is 4.74 Å². The molecule has 0 atom stereocenters. The van der Waals surface area contributed by atoms with Crippen LogP contribution in [0.1, 0.15) is 28.0 Å². The summed E-state index contributed by atoms with van der Waals surface area (Å²) in [5.41, 5.74) is -2.06. The van der Waals surface area contributed by atoms with Crippen LogP contribution < -0.4 is 4.74 Å². The first kappa shape index (κ1) is 16.1. The highest BCUT2D eigenvalue weighted by Crippen LogP contribution is 2.32. The Balaban J connectivity index is 3.39. The second-order valence-electron chi connectivity index (χ2n) is 3.14. The lowest BCUT2D eigenvalue weighted by Gasteiger charge is -2.14. The fraction of sp³-hybridized carbons (Fsp3) is 0.333. The highest BCUT2D eigenvalue weighted by atomic mass is 79.9. The third kappa shape index (κ3) is 4.27. The number of rotatable bonds is 4. The average molecular weight is 368 g/mol. The third-order valence-corrected chi connectivity index (χ3v) is 2.67. The van der Waals surface area contributed by atoms with Crippen LogP contribution in [0.2, 0.25) is 0 Å². The Bertz CT molecular complexity index is 494. The molecule has 0 aliphatic rings. The number of alkyl halides is 6. The van der Waals surface area contributed by atoms with E-state index in [1.165, 1.54) is 0 Å². The van der Waals surface area contributed by atoms with Crippen LogP contribution in [0, 0.1) is 0 Å². The van der Waals surface area contributed by atoms with Crippen LogP contribution >= 0.6 is 27.5 Å². The van der Waals surface area contributed by atoms with E-state index in [9.17, 15) is 26.7 Å². The lowest BCUT2D eigenvalue weighted by molar-refractivity contribution is -0.276. The molecular formula is C9H4BrClF5NO2. The molecule has 1 aromatic heterocycles. The van der Waals surface area contributed by atoms with Crippen molar-refractivity contribution in [1.82, 2.24) is 4.98 Å². The number of carbonyl (C=O) groups excluding carboxylic acids is 1. The summed E-state index contributed by atoms with van der Waals surface area (Å²) in [6.45, 7) is 0. The second kappa shape index (κ2) is 6.00. The molecule has 0 aliphatic carbocycles. The molecule has 106 valence electrons. The Morgan fingerprint density at radius 3 is 2.42 bits per heavy atom. The summed E-state index contributed by atoms with van der Waals surface area (Å²) in [6, 6.07) is 0.777. The van der Waals surface area contributed by atoms with E-state index in [-0.39, 0.29) is 10.9 Å². The summed E-state index contributed by atoms with van der Waals surface area (Å²) in [5, 5.41) is -1.44. The number of halogens is 7. The fourth-order valence-electron chi connectivity index (χ4n) is 1.17. The zero-order chi connectivity index (χ0) is 14.8. The van der Waals surface area contributed by atoms with Crippen molar-refractivity contribution in [1.29, 1.82) is 0 Å². The quantitative estimate of drug-likeness (QED) is 0.454. The zero-order valence-corrected chi connectivity index (χ0v) is 11.1. The maximum absolute atomic E-state index is 12.6. The van der Waals surface area contributed by atoms with Crippen LogP contribution in [-0.2, 0) is 5.33 Å². The maximum atomic E-state index is 12.6. The van der Waals surface area contributed by atoms with Gasteiger partial charge in [-0.15, -0.1) is 13.2 Å². The van der Waals surface area contributed by atoms with E-state index in [1.807, 2.05) is 0 Å². The van der Waals surface area contributed by atoms with E-state index in [0.29, 0.717) is 0 Å². The SMILES string of the molecule is O=C(Cl)c1cc(CBr)c(OC(F)(F)F)nc1C(F)F. The minimum absolute atomic E-state index is 0.188. The Hall–Kier alpha value is -0.960. The van der Waals surface area contributed by atoms with Gasteiger partial charge in [-0.25, -0.2) is 13.8 Å². The standard InChI is InChI=1S/C9H4BrClF5NO2/c10-2-3-1-4(6(11)18)5(7(12)13)17-8(3)19-9(14,15)16/h1,7H,2H2. The largest absolute Gasteiger partial charge is 0.574 e. The van der Waals surface area contributed by atoms with Crippen molar-refractivity contribution in [2.45, 2.75) is 18.1 Å². The van der Waals surface area contributed by atoms with Crippen molar-refractivity contribution in [2.75, 3.05) is 0 Å². The number of hydrogen-bond donors (Lipinski definition) is 0. The van der Waals surface area contributed by atoms with E-state index >= 15 is 0 Å². The molecule has 0 amide bonds. The molecule has 0 saturated carbocycles. The molecule has 0 aromatic carbocycles. The van der Waals surface area contributed by atoms with Crippen LogP contribution in [0.4, 0.5) is 22.0 Å². The molecule has 3 nitrogen and oxygen atoms in total. The Kier molecular flexibility index (Phi) is 5.08. The molecule has 1 heterocycles. The van der Waals surface area contributed by atoms with Crippen molar-refractivity contribution < 1.29 is 31.5 Å². The van der Waals surface area contributed by atoms with Gasteiger partial charge in [0, 0.05) is 10.9 Å². The Labute approximate surface area is 116 Å². The highest BCUT2D eigenvalue weighted by Gasteiger charge is 2.34. The monoisotopic (exact) mass is 367 g/mol. The van der Waals surface area contributed by atoms with Crippen LogP contribution in [0.3, 0.4) is 0 Å². The van der Waals surface area contributed by atoms with Gasteiger partial charge in [-0.05, 0) is 17.7 Å². The lowest BCUT2D eigenvalue weighted by Crippen LogP contribution is -2.20. The van der Waals surface area contributed by atoms with Crippen molar-refractivity contribution >= 4 is 32.8 Å². The molecular weight excluding hydrogens is 364 g/mol. The number of hydrogen-bond acceptors (Lipinski definition) is 3. The highest BCUT2D eigenvalue weighted by molar-refractivity contribution is 9.08. The first-order valence-electron chi connectivity index (χ1n) is 4.49. The molecule has 0 bridgehead atoms. The predicted molar refractivity (Wildman–Crippen MR) is 58.7 cm³/mol. The Morgan fingerprint density at radius 1 is 1.47 bits per heavy atom. The van der Waals surface area contributed by atoms with Gasteiger partial charge in [0.1, 0.15) is 5.69 Å². The van der Waals surface area contributed by atoms with Crippen LogP contribution in [0.15, 0.2) is 6.07 Å². The van der Waals surface area contributed by atoms with Gasteiger partial charge in [-0.2, -0.15) is 0 Å². The molecule has 1 aromatic rings. The van der Waals surface area contributed by atoms with Crippen LogP contribution in [0.5, 0.6) is 5.88 Å². The smallest absolute Gasteiger partial charge is 0.388 e. The summed E-state index contributed by atoms with van der Waals surface area (Å²) in [5.74, 6) is -1.05. The van der Waals surface area contributed by atoms with Gasteiger partial charge >= 0.3 is 6.36 Å². The summed E-state index contributed by atoms with van der Waals surface area (Å²) in [6.07, 6.45) is -8.35. The van der Waals surface area contributed by atoms with Crippen molar-refractivity contribution in [2.24, 2.45) is 0 Å². The predicted octanol–water partition coefficient (Wildman–Crippen LogP) is 4.19. The topological polar surface area (TPSA) is 39.2 Å². The number of carbonyl (C=O) groups is 1. The molecule has 0 aliphatic heterocycles. The first-order valence-corrected chi connectivity index (χ1v) is 5.99. The average Bonchev–Trinajstić information content (AvgIpc) is 2.25. The molecule has 0 saturated heterocycles. The summed E-state index contributed by atoms with van der Waals surface area (Å²) in [7, 11) is 0. The van der Waals surface area contributed by atoms with Crippen LogP contribution in [0.25, 0.3) is 0 Å². The van der Waals surface area contributed by atoms with E-state index in [4.69, 9.17) is 11.6 Å². The molecule has 0 N–H and O–H groups in total. The molecule has 0 spiro atoms. The normalized spacial score (nSPS) is 11.8. The second-order valence-corrected chi connectivity index (χ2v) is 4.05. The fourth-order valence-corrected chi connectivity index (χ4v) is 1.72. The van der Waals surface area contributed by atoms with Crippen molar-refractivity contribution in [3.63, 3.8) is 0 Å². The molecule has 10 heteroatoms. The van der Waals surface area contributed by atoms with E-state index in [1.54, 1.807) is 0 Å². The summed E-state index contributed by atoms with van der Waals surface area (Å²) in [4.78, 5) is 14.0. The lowest BCUT2D eigenvalue weighted by atomic mass is 10.1. The van der Waals surface area contributed by atoms with Gasteiger partial charge in [-0.1, -0.05) is 15.9 Å². The zero-order valence-electron chi connectivity index (χ0n) is 8.77. The van der Waals surface area contributed by atoms with Gasteiger partial charge in [0.05, 0.1) is 5.56 Å². The number of nitrogens with zero attached hydrogens (tertiary/aromatic N) is 1. The van der Waals surface area contributed by atoms with Gasteiger partial charge in [0.25, 0.3) is 11.7 Å². The Morgan fingerprint density at radius 2 is 2.05 bits per heavy atom. The van der Waals surface area contributed by atoms with E-state index in [2.05, 4.69) is 25.7 Å². The number of ether oxygens (including phenoxy) is 1. The van der Waals surface area contributed by atoms with Gasteiger partial charge in [0.2, 0.25) is 5.88 Å². The minimum Gasteiger partial charge on any atom is -0.388 e. The van der Waals surface area contributed by atoms with Gasteiger partial charge in [0.15, 0.2) is 0 Å². The van der Waals surface area contributed by atoms with E-state index < -0.39 is 35.2 Å². The molecule has 0 unspecified atom stereocenters. The maximum Gasteiger partial charge on any atom is 0.574 e. The van der Waals surface area contributed by atoms with Crippen LogP contribution in [-0.4, -0.2) is 16.6 Å². The molecule has 0 fully saturated rings. The first-order chi connectivity index (χ1) is 8.65. The number of pyridine rings is 1. The summed E-state index contributed by atoms with van der Waals surface area (Å²) >= 11 is 7.91. The molecule has 0 radical (unpaired) electrons. The summed E-state index contributed by atoms with van der Waals surface area (Å²) < 4.78 is 65.0. The van der Waals surface area contributed by atoms with E-state index in [0.717, 1.165) is 6.07 Å². The molecule has 19 heavy (non-hydrogen) atoms. The van der Waals surface area contributed by atoms with Gasteiger partial charge in [-0.3, -0.25) is 4.79 Å². The third-order valence-electron chi connectivity index (χ3n) is 1.87. The van der Waals surface area contributed by atoms with Crippen molar-refractivity contribution in [3.05, 3.63) is 22.9 Å². The minimum atomic E-state index is -5.09. The number of aromatic nitrogens is 1. The molecule has 1 rings (SSSR count). The van der Waals surface area contributed by atoms with Crippen molar-refractivity contribution in [3.8, 4) is 5.88 Å².